The maximum absolute atomic E-state index is 13.6. The second-order valence-corrected chi connectivity index (χ2v) is 10.2. The molecule has 6 nitrogen and oxygen atoms in total. The number of carbonyl (C=O) groups excluding carboxylic acids is 2. The van der Waals surface area contributed by atoms with Crippen molar-refractivity contribution < 1.29 is 22.8 Å². The van der Waals surface area contributed by atoms with Crippen LogP contribution < -0.4 is 10.2 Å². The van der Waals surface area contributed by atoms with Crippen LogP contribution >= 0.6 is 0 Å². The summed E-state index contributed by atoms with van der Waals surface area (Å²) < 4.78 is 42.2. The topological polar surface area (TPSA) is 57.6 Å². The zero-order valence-corrected chi connectivity index (χ0v) is 22.0. The Balaban J connectivity index is 1.38. The number of carbonyl (C=O) groups is 2. The van der Waals surface area contributed by atoms with Crippen molar-refractivity contribution in [2.75, 3.05) is 37.4 Å². The molecule has 1 saturated heterocycles. The molecule has 4 rings (SSSR count). The second-order valence-electron chi connectivity index (χ2n) is 10.2. The zero-order valence-electron chi connectivity index (χ0n) is 22.0. The number of benzene rings is 2. The molecule has 1 aliphatic rings. The van der Waals surface area contributed by atoms with E-state index in [1.54, 1.807) is 19.9 Å². The van der Waals surface area contributed by atoms with E-state index >= 15 is 0 Å². The lowest BCUT2D eigenvalue weighted by molar-refractivity contribution is -0.138. The molecule has 1 fully saturated rings. The van der Waals surface area contributed by atoms with Gasteiger partial charge in [-0.2, -0.15) is 13.2 Å². The number of rotatable bonds is 6. The molecule has 0 saturated carbocycles. The molecule has 202 valence electrons. The fourth-order valence-corrected chi connectivity index (χ4v) is 4.72. The number of halogens is 3. The standard InChI is InChI=1S/C29H33F3N4O2/c1-19(2)36-17-25(26(18-36)29(30,31)32)28(38)35-14-12-21(13-15-35)20-8-10-23(11-9-20)33-27(37)22-6-5-7-24(16-22)34(3)4/h5-11,16-19,21H,12-15H2,1-4H3,(H,33,37). The minimum Gasteiger partial charge on any atom is -0.378 e. The summed E-state index contributed by atoms with van der Waals surface area (Å²) in [6.45, 7) is 4.32. The first-order valence-corrected chi connectivity index (χ1v) is 12.7. The fraction of sp³-hybridized carbons (Fsp3) is 0.379. The van der Waals surface area contributed by atoms with Crippen molar-refractivity contribution in [1.29, 1.82) is 0 Å². The lowest BCUT2D eigenvalue weighted by Crippen LogP contribution is -2.38. The van der Waals surface area contributed by atoms with Crippen LogP contribution in [-0.2, 0) is 6.18 Å². The number of amides is 2. The molecule has 1 aromatic heterocycles. The SMILES string of the molecule is CC(C)n1cc(C(=O)N2CCC(c3ccc(NC(=O)c4cccc(N(C)C)c4)cc3)CC2)c(C(F)(F)F)c1. The van der Waals surface area contributed by atoms with Gasteiger partial charge in [0.2, 0.25) is 0 Å². The van der Waals surface area contributed by atoms with Crippen LogP contribution in [0.3, 0.4) is 0 Å². The largest absolute Gasteiger partial charge is 0.418 e. The Morgan fingerprint density at radius 3 is 2.24 bits per heavy atom. The average Bonchev–Trinajstić information content (AvgIpc) is 3.36. The average molecular weight is 527 g/mol. The zero-order chi connectivity index (χ0) is 27.6. The van der Waals surface area contributed by atoms with E-state index in [0.29, 0.717) is 37.2 Å². The van der Waals surface area contributed by atoms with Crippen molar-refractivity contribution in [2.24, 2.45) is 0 Å². The highest BCUT2D eigenvalue weighted by molar-refractivity contribution is 6.04. The van der Waals surface area contributed by atoms with Crippen molar-refractivity contribution in [2.45, 2.75) is 44.8 Å². The summed E-state index contributed by atoms with van der Waals surface area (Å²) in [5, 5.41) is 2.92. The molecular formula is C29H33F3N4O2. The van der Waals surface area contributed by atoms with Gasteiger partial charge in [0.1, 0.15) is 0 Å². The van der Waals surface area contributed by atoms with Crippen LogP contribution in [0.1, 0.15) is 70.5 Å². The number of nitrogens with zero attached hydrogens (tertiary/aromatic N) is 3. The van der Waals surface area contributed by atoms with E-state index in [2.05, 4.69) is 5.32 Å². The molecule has 2 aromatic carbocycles. The first kappa shape index (κ1) is 27.3. The predicted molar refractivity (Wildman–Crippen MR) is 143 cm³/mol. The molecule has 1 aliphatic heterocycles. The molecule has 0 radical (unpaired) electrons. The number of alkyl halides is 3. The van der Waals surface area contributed by atoms with Crippen molar-refractivity contribution in [3.63, 3.8) is 0 Å². The summed E-state index contributed by atoms with van der Waals surface area (Å²) in [6.07, 6.45) is -0.951. The van der Waals surface area contributed by atoms with Gasteiger partial charge in [0.15, 0.2) is 0 Å². The smallest absolute Gasteiger partial charge is 0.378 e. The summed E-state index contributed by atoms with van der Waals surface area (Å²) >= 11 is 0. The Hall–Kier alpha value is -3.75. The highest BCUT2D eigenvalue weighted by atomic mass is 19.4. The predicted octanol–water partition coefficient (Wildman–Crippen LogP) is 6.43. The summed E-state index contributed by atoms with van der Waals surface area (Å²) in [4.78, 5) is 29.2. The highest BCUT2D eigenvalue weighted by Crippen LogP contribution is 2.35. The van der Waals surface area contributed by atoms with E-state index in [1.165, 1.54) is 15.7 Å². The summed E-state index contributed by atoms with van der Waals surface area (Å²) in [7, 11) is 3.83. The lowest BCUT2D eigenvalue weighted by Gasteiger charge is -2.32. The van der Waals surface area contributed by atoms with Crippen LogP contribution in [-0.4, -0.2) is 48.5 Å². The van der Waals surface area contributed by atoms with E-state index < -0.39 is 17.6 Å². The molecule has 1 N–H and O–H groups in total. The molecule has 0 unspecified atom stereocenters. The maximum atomic E-state index is 13.6. The van der Waals surface area contributed by atoms with Crippen LogP contribution in [0.4, 0.5) is 24.5 Å². The van der Waals surface area contributed by atoms with Crippen LogP contribution in [0.5, 0.6) is 0 Å². The normalized spacial score (nSPS) is 14.6. The van der Waals surface area contributed by atoms with Gasteiger partial charge in [-0.25, -0.2) is 0 Å². The molecule has 2 amide bonds. The van der Waals surface area contributed by atoms with Crippen molar-refractivity contribution in [3.05, 3.63) is 83.2 Å². The van der Waals surface area contributed by atoms with Gasteiger partial charge in [0.25, 0.3) is 11.8 Å². The van der Waals surface area contributed by atoms with Gasteiger partial charge in [-0.05, 0) is 68.5 Å². The lowest BCUT2D eigenvalue weighted by atomic mass is 9.89. The van der Waals surface area contributed by atoms with Gasteiger partial charge in [-0.1, -0.05) is 18.2 Å². The second kappa shape index (κ2) is 10.9. The third kappa shape index (κ3) is 6.03. The Kier molecular flexibility index (Phi) is 7.85. The van der Waals surface area contributed by atoms with E-state index in [9.17, 15) is 22.8 Å². The highest BCUT2D eigenvalue weighted by Gasteiger charge is 2.38. The Labute approximate surface area is 221 Å². The first-order chi connectivity index (χ1) is 17.9. The monoisotopic (exact) mass is 526 g/mol. The molecule has 0 spiro atoms. The van der Waals surface area contributed by atoms with Crippen molar-refractivity contribution >= 4 is 23.2 Å². The quantitative estimate of drug-likeness (QED) is 0.403. The molecule has 9 heteroatoms. The third-order valence-electron chi connectivity index (χ3n) is 7.03. The summed E-state index contributed by atoms with van der Waals surface area (Å²) in [6, 6.07) is 14.8. The number of aromatic nitrogens is 1. The number of hydrogen-bond donors (Lipinski definition) is 1. The van der Waals surface area contributed by atoms with E-state index in [0.717, 1.165) is 17.4 Å². The summed E-state index contributed by atoms with van der Waals surface area (Å²) in [5.41, 5.74) is 2.08. The molecular weight excluding hydrogens is 493 g/mol. The minimum atomic E-state index is -4.59. The van der Waals surface area contributed by atoms with E-state index in [4.69, 9.17) is 0 Å². The third-order valence-corrected chi connectivity index (χ3v) is 7.03. The first-order valence-electron chi connectivity index (χ1n) is 12.7. The number of piperidine rings is 1. The van der Waals surface area contributed by atoms with Crippen LogP contribution in [0.25, 0.3) is 0 Å². The van der Waals surface area contributed by atoms with Gasteiger partial charge < -0.3 is 19.7 Å². The van der Waals surface area contributed by atoms with Gasteiger partial charge >= 0.3 is 6.18 Å². The molecule has 0 atom stereocenters. The summed E-state index contributed by atoms with van der Waals surface area (Å²) in [5.74, 6) is -0.590. The molecule has 0 aliphatic carbocycles. The van der Waals surface area contributed by atoms with Crippen LogP contribution in [0.15, 0.2) is 60.9 Å². The maximum Gasteiger partial charge on any atom is 0.418 e. The fourth-order valence-electron chi connectivity index (χ4n) is 4.72. The van der Waals surface area contributed by atoms with Crippen LogP contribution in [0.2, 0.25) is 0 Å². The molecule has 0 bridgehead atoms. The van der Waals surface area contributed by atoms with Crippen LogP contribution in [0, 0.1) is 0 Å². The van der Waals surface area contributed by atoms with Gasteiger partial charge in [-0.15, -0.1) is 0 Å². The van der Waals surface area contributed by atoms with Gasteiger partial charge in [0.05, 0.1) is 11.1 Å². The number of hydrogen-bond acceptors (Lipinski definition) is 3. The molecule has 3 aromatic rings. The minimum absolute atomic E-state index is 0.181. The number of nitrogens with one attached hydrogen (secondary N) is 1. The van der Waals surface area contributed by atoms with Crippen molar-refractivity contribution in [3.8, 4) is 0 Å². The van der Waals surface area contributed by atoms with E-state index in [-0.39, 0.29) is 23.4 Å². The van der Waals surface area contributed by atoms with Gasteiger partial charge in [0, 0.05) is 62.6 Å². The Morgan fingerprint density at radius 2 is 1.66 bits per heavy atom. The number of anilines is 2. The van der Waals surface area contributed by atoms with Gasteiger partial charge in [-0.3, -0.25) is 9.59 Å². The van der Waals surface area contributed by atoms with Crippen molar-refractivity contribution in [1.82, 2.24) is 9.47 Å². The Bertz CT molecular complexity index is 1290. The molecule has 2 heterocycles. The molecule has 38 heavy (non-hydrogen) atoms. The Morgan fingerprint density at radius 1 is 1.00 bits per heavy atom. The van der Waals surface area contributed by atoms with E-state index in [1.807, 2.05) is 61.5 Å². The number of likely N-dealkylation sites (tertiary alicyclic amines) is 1.